The van der Waals surface area contributed by atoms with E-state index in [0.29, 0.717) is 45.0 Å². The van der Waals surface area contributed by atoms with E-state index in [1.165, 1.54) is 32.0 Å². The SMILES string of the molecule is COc1ccc2c(C(=O)c3cc(OC)c(OC)c(OC)c3)cn(C(=O)C=Cc3ccccc3)c2c1. The highest BCUT2D eigenvalue weighted by atomic mass is 16.5. The lowest BCUT2D eigenvalue weighted by atomic mass is 10.0. The zero-order chi connectivity index (χ0) is 24.9. The van der Waals surface area contributed by atoms with E-state index in [9.17, 15) is 9.59 Å². The smallest absolute Gasteiger partial charge is 0.255 e. The van der Waals surface area contributed by atoms with Crippen LogP contribution in [0.15, 0.2) is 72.9 Å². The third kappa shape index (κ3) is 4.61. The quantitative estimate of drug-likeness (QED) is 0.258. The molecule has 0 radical (unpaired) electrons. The molecule has 3 aromatic carbocycles. The van der Waals surface area contributed by atoms with Gasteiger partial charge < -0.3 is 18.9 Å². The maximum absolute atomic E-state index is 13.6. The summed E-state index contributed by atoms with van der Waals surface area (Å²) < 4.78 is 23.0. The lowest BCUT2D eigenvalue weighted by Gasteiger charge is -2.13. The highest BCUT2D eigenvalue weighted by Crippen LogP contribution is 2.39. The fourth-order valence-corrected chi connectivity index (χ4v) is 3.88. The van der Waals surface area contributed by atoms with Gasteiger partial charge in [0.2, 0.25) is 5.75 Å². The Bertz CT molecular complexity index is 1390. The molecule has 0 fully saturated rings. The third-order valence-electron chi connectivity index (χ3n) is 5.64. The summed E-state index contributed by atoms with van der Waals surface area (Å²) in [6, 6.07) is 17.9. The number of benzene rings is 3. The van der Waals surface area contributed by atoms with Crippen molar-refractivity contribution in [1.82, 2.24) is 4.57 Å². The minimum absolute atomic E-state index is 0.294. The van der Waals surface area contributed by atoms with Crippen molar-refractivity contribution < 1.29 is 28.5 Å². The zero-order valence-corrected chi connectivity index (χ0v) is 19.9. The number of ketones is 1. The molecule has 0 bridgehead atoms. The molecule has 0 unspecified atom stereocenters. The maximum atomic E-state index is 13.6. The Morgan fingerprint density at radius 2 is 1.49 bits per heavy atom. The number of ether oxygens (including phenoxy) is 4. The first-order chi connectivity index (χ1) is 17.0. The Morgan fingerprint density at radius 1 is 0.800 bits per heavy atom. The van der Waals surface area contributed by atoms with Crippen LogP contribution in [-0.4, -0.2) is 44.7 Å². The summed E-state index contributed by atoms with van der Waals surface area (Å²) in [4.78, 5) is 26.8. The Kier molecular flexibility index (Phi) is 6.87. The molecular formula is C28H25NO6. The van der Waals surface area contributed by atoms with Crippen molar-refractivity contribution in [3.8, 4) is 23.0 Å². The van der Waals surface area contributed by atoms with Gasteiger partial charge in [-0.3, -0.25) is 14.2 Å². The Hall–Kier alpha value is -4.52. The number of fused-ring (bicyclic) bond motifs is 1. The van der Waals surface area contributed by atoms with Gasteiger partial charge in [0, 0.05) is 34.9 Å². The molecule has 0 aliphatic rings. The zero-order valence-electron chi connectivity index (χ0n) is 19.9. The molecule has 1 heterocycles. The molecule has 0 atom stereocenters. The van der Waals surface area contributed by atoms with Crippen LogP contribution in [0.2, 0.25) is 0 Å². The summed E-state index contributed by atoms with van der Waals surface area (Å²) in [5.74, 6) is 1.10. The van der Waals surface area contributed by atoms with Crippen LogP contribution in [0, 0.1) is 0 Å². The van der Waals surface area contributed by atoms with E-state index < -0.39 is 0 Å². The largest absolute Gasteiger partial charge is 0.497 e. The number of hydrogen-bond donors (Lipinski definition) is 0. The molecule has 0 aliphatic carbocycles. The maximum Gasteiger partial charge on any atom is 0.255 e. The molecule has 1 aromatic heterocycles. The molecule has 0 amide bonds. The molecule has 7 nitrogen and oxygen atoms in total. The first kappa shape index (κ1) is 23.6. The molecule has 35 heavy (non-hydrogen) atoms. The molecule has 4 rings (SSSR count). The molecule has 4 aromatic rings. The number of methoxy groups -OCH3 is 4. The fraction of sp³-hybridized carbons (Fsp3) is 0.143. The third-order valence-corrected chi connectivity index (χ3v) is 5.64. The van der Waals surface area contributed by atoms with E-state index in [1.54, 1.807) is 49.7 Å². The van der Waals surface area contributed by atoms with E-state index in [1.807, 2.05) is 30.3 Å². The standard InChI is InChI=1S/C28H25NO6/c1-32-20-11-12-21-22(27(31)19-14-24(33-2)28(35-4)25(15-19)34-3)17-29(23(21)16-20)26(30)13-10-18-8-6-5-7-9-18/h5-17H,1-4H3. The van der Waals surface area contributed by atoms with Gasteiger partial charge in [0.15, 0.2) is 17.3 Å². The summed E-state index contributed by atoms with van der Waals surface area (Å²) >= 11 is 0. The van der Waals surface area contributed by atoms with Crippen molar-refractivity contribution >= 4 is 28.7 Å². The highest BCUT2D eigenvalue weighted by Gasteiger charge is 2.23. The summed E-state index contributed by atoms with van der Waals surface area (Å²) in [6.45, 7) is 0. The number of allylic oxidation sites excluding steroid dienone is 1. The number of hydrogen-bond acceptors (Lipinski definition) is 6. The monoisotopic (exact) mass is 471 g/mol. The lowest BCUT2D eigenvalue weighted by Crippen LogP contribution is -2.06. The molecule has 0 N–H and O–H groups in total. The molecule has 0 aliphatic heterocycles. The minimum Gasteiger partial charge on any atom is -0.497 e. The normalized spacial score (nSPS) is 11.0. The van der Waals surface area contributed by atoms with Crippen LogP contribution >= 0.6 is 0 Å². The van der Waals surface area contributed by atoms with Gasteiger partial charge >= 0.3 is 0 Å². The van der Waals surface area contributed by atoms with Crippen molar-refractivity contribution in [3.63, 3.8) is 0 Å². The van der Waals surface area contributed by atoms with Crippen LogP contribution in [0.3, 0.4) is 0 Å². The Morgan fingerprint density at radius 3 is 2.09 bits per heavy atom. The van der Waals surface area contributed by atoms with E-state index in [2.05, 4.69) is 0 Å². The van der Waals surface area contributed by atoms with Crippen LogP contribution in [0.5, 0.6) is 23.0 Å². The van der Waals surface area contributed by atoms with Gasteiger partial charge in [0.25, 0.3) is 5.91 Å². The number of nitrogens with zero attached hydrogens (tertiary/aromatic N) is 1. The second-order valence-corrected chi connectivity index (χ2v) is 7.62. The average Bonchev–Trinajstić information content (AvgIpc) is 3.29. The molecule has 0 saturated heterocycles. The van der Waals surface area contributed by atoms with Crippen molar-refractivity contribution in [2.45, 2.75) is 0 Å². The van der Waals surface area contributed by atoms with Gasteiger partial charge in [-0.1, -0.05) is 30.3 Å². The molecular weight excluding hydrogens is 446 g/mol. The molecule has 0 spiro atoms. The number of rotatable bonds is 8. The Labute approximate surface area is 203 Å². The lowest BCUT2D eigenvalue weighted by molar-refractivity contribution is 0.0974. The minimum atomic E-state index is -0.295. The van der Waals surface area contributed by atoms with Gasteiger partial charge in [-0.05, 0) is 35.9 Å². The topological polar surface area (TPSA) is 76.0 Å². The first-order valence-electron chi connectivity index (χ1n) is 10.8. The van der Waals surface area contributed by atoms with Crippen LogP contribution in [0.1, 0.15) is 26.3 Å². The molecule has 7 heteroatoms. The first-order valence-corrected chi connectivity index (χ1v) is 10.8. The second-order valence-electron chi connectivity index (χ2n) is 7.62. The van der Waals surface area contributed by atoms with E-state index >= 15 is 0 Å². The summed E-state index contributed by atoms with van der Waals surface area (Å²) in [5.41, 5.74) is 2.14. The average molecular weight is 472 g/mol. The number of carbonyl (C=O) groups is 2. The van der Waals surface area contributed by atoms with E-state index in [0.717, 1.165) is 5.56 Å². The van der Waals surface area contributed by atoms with Gasteiger partial charge in [0.05, 0.1) is 34.0 Å². The van der Waals surface area contributed by atoms with Crippen LogP contribution < -0.4 is 18.9 Å². The van der Waals surface area contributed by atoms with Gasteiger partial charge in [-0.2, -0.15) is 0 Å². The fourth-order valence-electron chi connectivity index (χ4n) is 3.88. The summed E-state index contributed by atoms with van der Waals surface area (Å²) in [6.07, 6.45) is 4.75. The van der Waals surface area contributed by atoms with Crippen LogP contribution in [-0.2, 0) is 0 Å². The van der Waals surface area contributed by atoms with E-state index in [4.69, 9.17) is 18.9 Å². The van der Waals surface area contributed by atoms with Crippen molar-refractivity contribution in [1.29, 1.82) is 0 Å². The highest BCUT2D eigenvalue weighted by molar-refractivity contribution is 6.18. The van der Waals surface area contributed by atoms with Crippen molar-refractivity contribution in [2.24, 2.45) is 0 Å². The van der Waals surface area contributed by atoms with Gasteiger partial charge in [0.1, 0.15) is 5.75 Å². The molecule has 178 valence electrons. The summed E-state index contributed by atoms with van der Waals surface area (Å²) in [5, 5.41) is 0.617. The number of carbonyl (C=O) groups excluding carboxylic acids is 2. The summed E-state index contributed by atoms with van der Waals surface area (Å²) in [7, 11) is 6.02. The van der Waals surface area contributed by atoms with Crippen molar-refractivity contribution in [2.75, 3.05) is 28.4 Å². The van der Waals surface area contributed by atoms with Gasteiger partial charge in [-0.15, -0.1) is 0 Å². The van der Waals surface area contributed by atoms with Crippen LogP contribution in [0.25, 0.3) is 17.0 Å². The van der Waals surface area contributed by atoms with Crippen LogP contribution in [0.4, 0.5) is 0 Å². The molecule has 0 saturated carbocycles. The second kappa shape index (κ2) is 10.2. The van der Waals surface area contributed by atoms with E-state index in [-0.39, 0.29) is 11.7 Å². The Balaban J connectivity index is 1.82. The number of aromatic nitrogens is 1. The predicted octanol–water partition coefficient (Wildman–Crippen LogP) is 5.26. The predicted molar refractivity (Wildman–Crippen MR) is 134 cm³/mol. The van der Waals surface area contributed by atoms with Crippen molar-refractivity contribution in [3.05, 3.63) is 89.6 Å². The van der Waals surface area contributed by atoms with Gasteiger partial charge in [-0.25, -0.2) is 0 Å².